The van der Waals surface area contributed by atoms with Gasteiger partial charge >= 0.3 is 6.09 Å². The van der Waals surface area contributed by atoms with Crippen LogP contribution in [0.5, 0.6) is 0 Å². The van der Waals surface area contributed by atoms with Crippen LogP contribution in [-0.4, -0.2) is 16.7 Å². The molecule has 1 aliphatic rings. The number of hydrogen-bond donors (Lipinski definition) is 1. The fraction of sp³-hybridized carbons (Fsp3) is 0.636. The normalized spacial score (nSPS) is 15.9. The van der Waals surface area contributed by atoms with Gasteiger partial charge in [0.05, 0.1) is 0 Å². The number of amides is 1. The zero-order valence-corrected chi connectivity index (χ0v) is 9.74. The Balaban J connectivity index is 1.90. The van der Waals surface area contributed by atoms with Crippen molar-refractivity contribution >= 4 is 11.9 Å². The van der Waals surface area contributed by atoms with E-state index in [0.29, 0.717) is 17.6 Å². The second kappa shape index (κ2) is 3.81. The van der Waals surface area contributed by atoms with Crippen molar-refractivity contribution in [1.82, 2.24) is 4.98 Å². The van der Waals surface area contributed by atoms with Gasteiger partial charge in [0.2, 0.25) is 0 Å². The number of anilines is 1. The van der Waals surface area contributed by atoms with Gasteiger partial charge in [-0.05, 0) is 33.6 Å². The number of rotatable bonds is 2. The van der Waals surface area contributed by atoms with E-state index in [9.17, 15) is 4.79 Å². The second-order valence-electron chi connectivity index (χ2n) is 4.97. The highest BCUT2D eigenvalue weighted by atomic mass is 16.6. The summed E-state index contributed by atoms with van der Waals surface area (Å²) in [5, 5.41) is 2.54. The molecule has 88 valence electrons. The fourth-order valence-corrected chi connectivity index (χ4v) is 1.27. The first-order chi connectivity index (χ1) is 7.44. The van der Waals surface area contributed by atoms with Gasteiger partial charge in [-0.2, -0.15) is 4.98 Å². The van der Waals surface area contributed by atoms with Crippen LogP contribution in [-0.2, 0) is 4.74 Å². The molecule has 1 saturated carbocycles. The highest BCUT2D eigenvalue weighted by Crippen LogP contribution is 2.39. The quantitative estimate of drug-likeness (QED) is 0.838. The van der Waals surface area contributed by atoms with Crippen molar-refractivity contribution < 1.29 is 13.9 Å². The van der Waals surface area contributed by atoms with Gasteiger partial charge in [0, 0.05) is 5.92 Å². The number of aromatic nitrogens is 1. The molecule has 1 N–H and O–H groups in total. The molecular weight excluding hydrogens is 208 g/mol. The molecule has 1 heterocycles. The summed E-state index contributed by atoms with van der Waals surface area (Å²) in [4.78, 5) is 15.6. The minimum Gasteiger partial charge on any atom is -0.446 e. The summed E-state index contributed by atoms with van der Waals surface area (Å²) in [6, 6.07) is 0. The predicted molar refractivity (Wildman–Crippen MR) is 58.3 cm³/mol. The summed E-state index contributed by atoms with van der Waals surface area (Å²) in [7, 11) is 0. The van der Waals surface area contributed by atoms with Gasteiger partial charge in [-0.25, -0.2) is 4.79 Å². The number of carbonyl (C=O) groups excluding carboxylic acids is 1. The van der Waals surface area contributed by atoms with Gasteiger partial charge in [-0.3, -0.25) is 5.32 Å². The summed E-state index contributed by atoms with van der Waals surface area (Å²) in [6.45, 7) is 5.43. The third-order valence-corrected chi connectivity index (χ3v) is 2.08. The summed E-state index contributed by atoms with van der Waals surface area (Å²) >= 11 is 0. The zero-order chi connectivity index (χ0) is 11.8. The van der Waals surface area contributed by atoms with Crippen LogP contribution in [0.1, 0.15) is 45.4 Å². The van der Waals surface area contributed by atoms with Gasteiger partial charge in [0.15, 0.2) is 11.7 Å². The zero-order valence-electron chi connectivity index (χ0n) is 9.74. The SMILES string of the molecule is CC(C)(C)OC(=O)Nc1coc(C2CC2)n1. The summed E-state index contributed by atoms with van der Waals surface area (Å²) in [6.07, 6.45) is 3.17. The van der Waals surface area contributed by atoms with E-state index < -0.39 is 11.7 Å². The minimum absolute atomic E-state index is 0.413. The molecule has 0 bridgehead atoms. The molecule has 5 heteroatoms. The maximum absolute atomic E-state index is 11.4. The topological polar surface area (TPSA) is 64.4 Å². The molecular formula is C11H16N2O3. The Hall–Kier alpha value is -1.52. The Labute approximate surface area is 94.2 Å². The van der Waals surface area contributed by atoms with E-state index in [2.05, 4.69) is 10.3 Å². The van der Waals surface area contributed by atoms with Crippen LogP contribution in [0.3, 0.4) is 0 Å². The largest absolute Gasteiger partial charge is 0.446 e. The standard InChI is InChI=1S/C11H16N2O3/c1-11(2,3)16-10(14)13-8-6-15-9(12-8)7-4-5-7/h6-7H,4-5H2,1-3H3,(H,13,14). The molecule has 16 heavy (non-hydrogen) atoms. The lowest BCUT2D eigenvalue weighted by Gasteiger charge is -2.18. The Bertz CT molecular complexity index is 388. The third kappa shape index (κ3) is 2.98. The Morgan fingerprint density at radius 1 is 1.56 bits per heavy atom. The summed E-state index contributed by atoms with van der Waals surface area (Å²) in [5.41, 5.74) is -0.507. The Morgan fingerprint density at radius 2 is 2.25 bits per heavy atom. The number of hydrogen-bond acceptors (Lipinski definition) is 4. The van der Waals surface area contributed by atoms with E-state index in [1.54, 1.807) is 0 Å². The van der Waals surface area contributed by atoms with Crippen LogP contribution in [0.25, 0.3) is 0 Å². The molecule has 0 spiro atoms. The van der Waals surface area contributed by atoms with Crippen molar-refractivity contribution in [2.24, 2.45) is 0 Å². The van der Waals surface area contributed by atoms with Crippen LogP contribution in [0, 0.1) is 0 Å². The van der Waals surface area contributed by atoms with Crippen molar-refractivity contribution in [2.75, 3.05) is 5.32 Å². The van der Waals surface area contributed by atoms with Crippen LogP contribution < -0.4 is 5.32 Å². The van der Waals surface area contributed by atoms with Crippen molar-refractivity contribution in [3.05, 3.63) is 12.2 Å². The lowest BCUT2D eigenvalue weighted by Crippen LogP contribution is -2.27. The molecule has 5 nitrogen and oxygen atoms in total. The van der Waals surface area contributed by atoms with E-state index in [1.165, 1.54) is 6.26 Å². The molecule has 0 atom stereocenters. The van der Waals surface area contributed by atoms with Gasteiger partial charge in [0.25, 0.3) is 0 Å². The Morgan fingerprint density at radius 3 is 2.81 bits per heavy atom. The molecule has 2 rings (SSSR count). The first kappa shape index (κ1) is 11.0. The number of oxazole rings is 1. The average Bonchev–Trinajstić information content (AvgIpc) is 2.85. The molecule has 0 unspecified atom stereocenters. The van der Waals surface area contributed by atoms with Gasteiger partial charge in [-0.1, -0.05) is 0 Å². The van der Waals surface area contributed by atoms with Crippen LogP contribution in [0.4, 0.5) is 10.6 Å². The van der Waals surface area contributed by atoms with E-state index in [-0.39, 0.29) is 0 Å². The van der Waals surface area contributed by atoms with Gasteiger partial charge in [0.1, 0.15) is 11.9 Å². The number of nitrogens with zero attached hydrogens (tertiary/aromatic N) is 1. The first-order valence-corrected chi connectivity index (χ1v) is 5.39. The smallest absolute Gasteiger partial charge is 0.413 e. The average molecular weight is 224 g/mol. The van der Waals surface area contributed by atoms with E-state index in [4.69, 9.17) is 9.15 Å². The number of carbonyl (C=O) groups is 1. The van der Waals surface area contributed by atoms with Crippen molar-refractivity contribution in [3.8, 4) is 0 Å². The fourth-order valence-electron chi connectivity index (χ4n) is 1.27. The predicted octanol–water partition coefficient (Wildman–Crippen LogP) is 2.90. The van der Waals surface area contributed by atoms with Crippen LogP contribution in [0.2, 0.25) is 0 Å². The van der Waals surface area contributed by atoms with Crippen LogP contribution in [0.15, 0.2) is 10.7 Å². The summed E-state index contributed by atoms with van der Waals surface area (Å²) < 4.78 is 10.3. The molecule has 0 aliphatic heterocycles. The number of ether oxygens (including phenoxy) is 1. The molecule has 0 saturated heterocycles. The van der Waals surface area contributed by atoms with Crippen LogP contribution >= 0.6 is 0 Å². The van der Waals surface area contributed by atoms with Crippen molar-refractivity contribution in [2.45, 2.75) is 45.1 Å². The molecule has 0 aromatic carbocycles. The first-order valence-electron chi connectivity index (χ1n) is 5.39. The monoisotopic (exact) mass is 224 g/mol. The number of nitrogens with one attached hydrogen (secondary N) is 1. The lowest BCUT2D eigenvalue weighted by molar-refractivity contribution is 0.0635. The maximum Gasteiger partial charge on any atom is 0.413 e. The highest BCUT2D eigenvalue weighted by Gasteiger charge is 2.29. The molecule has 1 amide bonds. The van der Waals surface area contributed by atoms with Crippen molar-refractivity contribution in [3.63, 3.8) is 0 Å². The van der Waals surface area contributed by atoms with E-state index in [1.807, 2.05) is 20.8 Å². The lowest BCUT2D eigenvalue weighted by atomic mass is 10.2. The summed E-state index contributed by atoms with van der Waals surface area (Å²) in [5.74, 6) is 1.55. The molecule has 1 aromatic heterocycles. The van der Waals surface area contributed by atoms with Gasteiger partial charge in [-0.15, -0.1) is 0 Å². The molecule has 1 aliphatic carbocycles. The third-order valence-electron chi connectivity index (χ3n) is 2.08. The molecule has 1 aromatic rings. The van der Waals surface area contributed by atoms with E-state index in [0.717, 1.165) is 12.8 Å². The maximum atomic E-state index is 11.4. The second-order valence-corrected chi connectivity index (χ2v) is 4.97. The highest BCUT2D eigenvalue weighted by molar-refractivity contribution is 5.83. The van der Waals surface area contributed by atoms with Gasteiger partial charge < -0.3 is 9.15 Å². The minimum atomic E-state index is -0.511. The molecule has 1 fully saturated rings. The Kier molecular flexibility index (Phi) is 2.61. The molecule has 0 radical (unpaired) electrons. The van der Waals surface area contributed by atoms with Crippen molar-refractivity contribution in [1.29, 1.82) is 0 Å². The van der Waals surface area contributed by atoms with E-state index >= 15 is 0 Å².